The Morgan fingerprint density at radius 3 is 1.78 bits per heavy atom. The van der Waals surface area contributed by atoms with Gasteiger partial charge in [0.15, 0.2) is 5.78 Å². The Morgan fingerprint density at radius 1 is 0.778 bits per heavy atom. The fourth-order valence-electron chi connectivity index (χ4n) is 1.46. The minimum atomic E-state index is -0.438. The largest absolute Gasteiger partial charge is 1.00 e. The fraction of sp³-hybridized carbons (Fsp3) is 0. The Bertz CT molecular complexity index is 507. The standard InChI is InChI=1S/C13H10O3.2Na/c14-11-6-10(7-12(15)8-11)13(16)9-4-2-1-3-5-9;;/h1-8,14-15H;;/q;2*+1/p-2. The molecule has 2 aromatic carbocycles. The van der Waals surface area contributed by atoms with Crippen LogP contribution in [0.1, 0.15) is 15.9 Å². The van der Waals surface area contributed by atoms with Crippen LogP contribution < -0.4 is 69.3 Å². The van der Waals surface area contributed by atoms with Gasteiger partial charge in [0, 0.05) is 11.1 Å². The van der Waals surface area contributed by atoms with Crippen molar-refractivity contribution in [3.63, 3.8) is 0 Å². The van der Waals surface area contributed by atoms with Crippen LogP contribution in [0, 0.1) is 0 Å². The molecule has 0 aromatic heterocycles. The van der Waals surface area contributed by atoms with E-state index >= 15 is 0 Å². The third-order valence-corrected chi connectivity index (χ3v) is 2.18. The normalized spacial score (nSPS) is 8.89. The number of carbonyl (C=O) groups is 1. The summed E-state index contributed by atoms with van der Waals surface area (Å²) in [6, 6.07) is 11.8. The average molecular weight is 258 g/mol. The molecule has 0 saturated heterocycles. The number of ketones is 1. The summed E-state index contributed by atoms with van der Waals surface area (Å²) in [4.78, 5) is 11.9. The van der Waals surface area contributed by atoms with Gasteiger partial charge in [-0.25, -0.2) is 0 Å². The maximum Gasteiger partial charge on any atom is 1.00 e. The maximum atomic E-state index is 11.9. The van der Waals surface area contributed by atoms with Crippen LogP contribution in [0.25, 0.3) is 0 Å². The van der Waals surface area contributed by atoms with Crippen molar-refractivity contribution in [3.8, 4) is 11.5 Å². The first-order valence-electron chi connectivity index (χ1n) is 4.76. The van der Waals surface area contributed by atoms with Crippen molar-refractivity contribution in [3.05, 3.63) is 59.7 Å². The summed E-state index contributed by atoms with van der Waals surface area (Å²) < 4.78 is 0. The number of benzene rings is 2. The molecule has 0 saturated carbocycles. The van der Waals surface area contributed by atoms with Crippen molar-refractivity contribution in [2.45, 2.75) is 0 Å². The monoisotopic (exact) mass is 258 g/mol. The van der Waals surface area contributed by atoms with Crippen molar-refractivity contribution in [1.82, 2.24) is 0 Å². The Hall–Kier alpha value is -0.290. The van der Waals surface area contributed by atoms with Gasteiger partial charge >= 0.3 is 59.1 Å². The second kappa shape index (κ2) is 8.00. The van der Waals surface area contributed by atoms with Gasteiger partial charge in [-0.15, -0.1) is 11.5 Å². The molecule has 80 valence electrons. The predicted octanol–water partition coefficient (Wildman–Crippen LogP) is -4.93. The summed E-state index contributed by atoms with van der Waals surface area (Å²) in [6.45, 7) is 0. The zero-order valence-corrected chi connectivity index (χ0v) is 14.3. The summed E-state index contributed by atoms with van der Waals surface area (Å²) in [5.74, 6) is -1.19. The molecule has 0 N–H and O–H groups in total. The summed E-state index contributed by atoms with van der Waals surface area (Å²) in [5.41, 5.74) is 0.608. The predicted molar refractivity (Wildman–Crippen MR) is 55.2 cm³/mol. The van der Waals surface area contributed by atoms with Crippen LogP contribution in [0.3, 0.4) is 0 Å². The maximum absolute atomic E-state index is 11.9. The average Bonchev–Trinajstić information content (AvgIpc) is 2.28. The fourth-order valence-corrected chi connectivity index (χ4v) is 1.46. The van der Waals surface area contributed by atoms with E-state index in [4.69, 9.17) is 0 Å². The Morgan fingerprint density at radius 2 is 1.28 bits per heavy atom. The summed E-state index contributed by atoms with van der Waals surface area (Å²) in [7, 11) is 0. The van der Waals surface area contributed by atoms with E-state index < -0.39 is 11.5 Å². The number of hydrogen-bond acceptors (Lipinski definition) is 3. The van der Waals surface area contributed by atoms with Crippen LogP contribution in [-0.4, -0.2) is 5.78 Å². The van der Waals surface area contributed by atoms with Crippen LogP contribution in [0.4, 0.5) is 0 Å². The van der Waals surface area contributed by atoms with E-state index in [1.54, 1.807) is 30.3 Å². The Kier molecular flexibility index (Phi) is 7.87. The van der Waals surface area contributed by atoms with Crippen LogP contribution in [-0.2, 0) is 0 Å². The van der Waals surface area contributed by atoms with Crippen LogP contribution in [0.2, 0.25) is 0 Å². The number of rotatable bonds is 2. The van der Waals surface area contributed by atoms with Gasteiger partial charge in [0.25, 0.3) is 0 Å². The van der Waals surface area contributed by atoms with Gasteiger partial charge in [-0.2, -0.15) is 0 Å². The van der Waals surface area contributed by atoms with Crippen LogP contribution in [0.5, 0.6) is 11.5 Å². The molecule has 0 atom stereocenters. The number of carbonyl (C=O) groups excluding carboxylic acids is 1. The van der Waals surface area contributed by atoms with Gasteiger partial charge in [-0.05, 0) is 0 Å². The molecular weight excluding hydrogens is 250 g/mol. The molecule has 0 fully saturated rings. The molecule has 0 aliphatic rings. The van der Waals surface area contributed by atoms with Crippen molar-refractivity contribution in [2.24, 2.45) is 0 Å². The van der Waals surface area contributed by atoms with E-state index in [1.807, 2.05) is 0 Å². The first-order valence-corrected chi connectivity index (χ1v) is 4.76. The van der Waals surface area contributed by atoms with Crippen LogP contribution in [0.15, 0.2) is 48.5 Å². The first-order chi connectivity index (χ1) is 7.66. The Labute approximate surface area is 149 Å². The first kappa shape index (κ1) is 17.7. The van der Waals surface area contributed by atoms with Gasteiger partial charge in [-0.1, -0.05) is 48.5 Å². The Balaban J connectivity index is 0.00000144. The smallest absolute Gasteiger partial charge is 0.872 e. The van der Waals surface area contributed by atoms with E-state index in [1.165, 1.54) is 12.1 Å². The quantitative estimate of drug-likeness (QED) is 0.400. The second-order valence-electron chi connectivity index (χ2n) is 3.39. The van der Waals surface area contributed by atoms with Crippen molar-refractivity contribution >= 4 is 5.78 Å². The summed E-state index contributed by atoms with van der Waals surface area (Å²) in [6.07, 6.45) is 0. The molecule has 18 heavy (non-hydrogen) atoms. The minimum Gasteiger partial charge on any atom is -0.872 e. The van der Waals surface area contributed by atoms with E-state index in [2.05, 4.69) is 0 Å². The van der Waals surface area contributed by atoms with Gasteiger partial charge in [0.1, 0.15) is 0 Å². The van der Waals surface area contributed by atoms with Gasteiger partial charge in [0.05, 0.1) is 0 Å². The van der Waals surface area contributed by atoms with Crippen molar-refractivity contribution in [2.75, 3.05) is 0 Å². The van der Waals surface area contributed by atoms with Crippen LogP contribution >= 0.6 is 0 Å². The topological polar surface area (TPSA) is 63.2 Å². The minimum absolute atomic E-state index is 0. The molecule has 2 rings (SSSR count). The summed E-state index contributed by atoms with van der Waals surface area (Å²) in [5, 5.41) is 22.2. The number of hydrogen-bond donors (Lipinski definition) is 0. The molecule has 0 spiro atoms. The van der Waals surface area contributed by atoms with Gasteiger partial charge in [-0.3, -0.25) is 4.79 Å². The molecule has 0 aliphatic carbocycles. The molecule has 0 bridgehead atoms. The molecule has 0 amide bonds. The van der Waals surface area contributed by atoms with E-state index in [0.717, 1.165) is 6.07 Å². The van der Waals surface area contributed by atoms with Gasteiger partial charge in [0.2, 0.25) is 0 Å². The molecule has 3 nitrogen and oxygen atoms in total. The van der Waals surface area contributed by atoms with E-state index in [0.29, 0.717) is 5.56 Å². The molecule has 0 unspecified atom stereocenters. The molecule has 5 heteroatoms. The third kappa shape index (κ3) is 4.43. The van der Waals surface area contributed by atoms with Crippen molar-refractivity contribution < 1.29 is 74.1 Å². The molecule has 2 aromatic rings. The zero-order valence-electron chi connectivity index (χ0n) is 10.3. The third-order valence-electron chi connectivity index (χ3n) is 2.18. The molecule has 0 heterocycles. The molecular formula is C13H8Na2O3. The summed E-state index contributed by atoms with van der Waals surface area (Å²) >= 11 is 0. The van der Waals surface area contributed by atoms with Gasteiger partial charge < -0.3 is 10.2 Å². The van der Waals surface area contributed by atoms with E-state index in [-0.39, 0.29) is 70.5 Å². The molecule has 0 aliphatic heterocycles. The molecule has 0 radical (unpaired) electrons. The zero-order chi connectivity index (χ0) is 11.5. The SMILES string of the molecule is O=C(c1ccccc1)c1cc([O-])cc([O-])c1.[Na+].[Na+]. The van der Waals surface area contributed by atoms with Crippen molar-refractivity contribution in [1.29, 1.82) is 0 Å². The second-order valence-corrected chi connectivity index (χ2v) is 3.39. The van der Waals surface area contributed by atoms with E-state index in [9.17, 15) is 15.0 Å².